The summed E-state index contributed by atoms with van der Waals surface area (Å²) in [4.78, 5) is 21.7. The number of carboxylic acid groups (broad SMARTS) is 1. The number of hydrogen-bond donors (Lipinski definition) is 2. The third kappa shape index (κ3) is 4.14. The normalized spacial score (nSPS) is 9.76. The molecule has 0 heterocycles. The quantitative estimate of drug-likeness (QED) is 0.818. The Bertz CT molecular complexity index is 429. The summed E-state index contributed by atoms with van der Waals surface area (Å²) in [5.74, 6) is -0.571. The molecule has 0 radical (unpaired) electrons. The average Bonchev–Trinajstić information content (AvgIpc) is 2.29. The molecule has 0 aliphatic carbocycles. The number of hydrogen-bond acceptors (Lipinski definition) is 3. The predicted octanol–water partition coefficient (Wildman–Crippen LogP) is 1.81. The molecule has 1 rings (SSSR count). The molecule has 0 aliphatic heterocycles. The molecular formula is C12H15NO4. The van der Waals surface area contributed by atoms with Gasteiger partial charge in [-0.25, -0.2) is 0 Å². The first-order valence-electron chi connectivity index (χ1n) is 5.19. The first kappa shape index (κ1) is 13.0. The van der Waals surface area contributed by atoms with E-state index in [1.165, 1.54) is 0 Å². The van der Waals surface area contributed by atoms with E-state index in [1.807, 2.05) is 6.92 Å². The average molecular weight is 237 g/mol. The van der Waals surface area contributed by atoms with E-state index in [0.717, 1.165) is 5.56 Å². The van der Waals surface area contributed by atoms with Crippen LogP contribution in [0.15, 0.2) is 18.2 Å². The SMILES string of the molecule is COc1ccc(NC(=O)CCC(=O)O)c(C)c1. The maximum Gasteiger partial charge on any atom is 0.303 e. The van der Waals surface area contributed by atoms with Crippen molar-refractivity contribution in [3.05, 3.63) is 23.8 Å². The highest BCUT2D eigenvalue weighted by Crippen LogP contribution is 2.21. The summed E-state index contributed by atoms with van der Waals surface area (Å²) in [5, 5.41) is 11.1. The third-order valence-corrected chi connectivity index (χ3v) is 2.27. The second kappa shape index (κ2) is 5.89. The standard InChI is InChI=1S/C12H15NO4/c1-8-7-9(17-2)3-4-10(8)13-11(14)5-6-12(15)16/h3-4,7H,5-6H2,1-2H3,(H,13,14)(H,15,16). The lowest BCUT2D eigenvalue weighted by Gasteiger charge is -2.09. The zero-order valence-corrected chi connectivity index (χ0v) is 9.82. The monoisotopic (exact) mass is 237 g/mol. The predicted molar refractivity (Wildman–Crippen MR) is 63.2 cm³/mol. The Hall–Kier alpha value is -2.04. The van der Waals surface area contributed by atoms with Gasteiger partial charge in [0, 0.05) is 12.1 Å². The Labute approximate surface area is 99.4 Å². The van der Waals surface area contributed by atoms with Gasteiger partial charge in [-0.05, 0) is 30.7 Å². The van der Waals surface area contributed by atoms with Crippen LogP contribution in [-0.4, -0.2) is 24.1 Å². The molecule has 1 amide bonds. The summed E-state index contributed by atoms with van der Waals surface area (Å²) in [7, 11) is 1.57. The van der Waals surface area contributed by atoms with Crippen molar-refractivity contribution in [2.24, 2.45) is 0 Å². The second-order valence-electron chi connectivity index (χ2n) is 3.62. The summed E-state index contributed by atoms with van der Waals surface area (Å²) in [6.45, 7) is 1.84. The van der Waals surface area contributed by atoms with Gasteiger partial charge >= 0.3 is 5.97 Å². The fourth-order valence-corrected chi connectivity index (χ4v) is 1.34. The highest BCUT2D eigenvalue weighted by molar-refractivity contribution is 5.93. The Morgan fingerprint density at radius 1 is 1.35 bits per heavy atom. The van der Waals surface area contributed by atoms with E-state index < -0.39 is 5.97 Å². The molecule has 0 bridgehead atoms. The molecule has 0 aromatic heterocycles. The summed E-state index contributed by atoms with van der Waals surface area (Å²) in [6.07, 6.45) is -0.193. The molecule has 0 atom stereocenters. The molecule has 92 valence electrons. The minimum Gasteiger partial charge on any atom is -0.497 e. The molecular weight excluding hydrogens is 222 g/mol. The second-order valence-corrected chi connectivity index (χ2v) is 3.62. The number of carboxylic acids is 1. The van der Waals surface area contributed by atoms with Crippen LogP contribution in [0.5, 0.6) is 5.75 Å². The number of aliphatic carboxylic acids is 1. The number of carbonyl (C=O) groups excluding carboxylic acids is 1. The number of methoxy groups -OCH3 is 1. The van der Waals surface area contributed by atoms with Gasteiger partial charge in [0.2, 0.25) is 5.91 Å². The molecule has 0 spiro atoms. The molecule has 0 saturated heterocycles. The van der Waals surface area contributed by atoms with Crippen LogP contribution in [0.1, 0.15) is 18.4 Å². The van der Waals surface area contributed by atoms with E-state index in [9.17, 15) is 9.59 Å². The van der Waals surface area contributed by atoms with Gasteiger partial charge in [-0.15, -0.1) is 0 Å². The van der Waals surface area contributed by atoms with Crippen molar-refractivity contribution < 1.29 is 19.4 Å². The van der Waals surface area contributed by atoms with Crippen LogP contribution in [0.25, 0.3) is 0 Å². The van der Waals surface area contributed by atoms with Crippen LogP contribution in [0.3, 0.4) is 0 Å². The molecule has 17 heavy (non-hydrogen) atoms. The van der Waals surface area contributed by atoms with Gasteiger partial charge < -0.3 is 15.2 Å². The van der Waals surface area contributed by atoms with E-state index in [4.69, 9.17) is 9.84 Å². The third-order valence-electron chi connectivity index (χ3n) is 2.27. The van der Waals surface area contributed by atoms with Crippen LogP contribution in [0, 0.1) is 6.92 Å². The van der Waals surface area contributed by atoms with Crippen molar-refractivity contribution in [2.75, 3.05) is 12.4 Å². The van der Waals surface area contributed by atoms with E-state index in [-0.39, 0.29) is 18.7 Å². The van der Waals surface area contributed by atoms with Gasteiger partial charge in [0.05, 0.1) is 13.5 Å². The maximum absolute atomic E-state index is 11.4. The van der Waals surface area contributed by atoms with E-state index in [2.05, 4.69) is 5.32 Å². The lowest BCUT2D eigenvalue weighted by atomic mass is 10.2. The maximum atomic E-state index is 11.4. The van der Waals surface area contributed by atoms with Crippen LogP contribution in [0.2, 0.25) is 0 Å². The highest BCUT2D eigenvalue weighted by atomic mass is 16.5. The van der Waals surface area contributed by atoms with Gasteiger partial charge in [-0.2, -0.15) is 0 Å². The number of ether oxygens (including phenoxy) is 1. The lowest BCUT2D eigenvalue weighted by Crippen LogP contribution is -2.13. The van der Waals surface area contributed by atoms with Gasteiger partial charge in [-0.1, -0.05) is 0 Å². The number of benzene rings is 1. The van der Waals surface area contributed by atoms with Crippen molar-refractivity contribution in [3.63, 3.8) is 0 Å². The van der Waals surface area contributed by atoms with Crippen molar-refractivity contribution in [2.45, 2.75) is 19.8 Å². The topological polar surface area (TPSA) is 75.6 Å². The molecule has 0 fully saturated rings. The van der Waals surface area contributed by atoms with E-state index >= 15 is 0 Å². The fourth-order valence-electron chi connectivity index (χ4n) is 1.34. The van der Waals surface area contributed by atoms with Gasteiger partial charge in [0.15, 0.2) is 0 Å². The molecule has 0 aliphatic rings. The Morgan fingerprint density at radius 3 is 2.59 bits per heavy atom. The van der Waals surface area contributed by atoms with Gasteiger partial charge in [0.25, 0.3) is 0 Å². The molecule has 0 unspecified atom stereocenters. The summed E-state index contributed by atoms with van der Waals surface area (Å²) in [5.41, 5.74) is 1.54. The molecule has 1 aromatic rings. The minimum absolute atomic E-state index is 0.0270. The largest absolute Gasteiger partial charge is 0.497 e. The van der Waals surface area contributed by atoms with E-state index in [1.54, 1.807) is 25.3 Å². The smallest absolute Gasteiger partial charge is 0.303 e. The van der Waals surface area contributed by atoms with Crippen LogP contribution in [0.4, 0.5) is 5.69 Å². The number of nitrogens with one attached hydrogen (secondary N) is 1. The van der Waals surface area contributed by atoms with Crippen LogP contribution >= 0.6 is 0 Å². The van der Waals surface area contributed by atoms with Crippen LogP contribution in [-0.2, 0) is 9.59 Å². The Kier molecular flexibility index (Phi) is 4.51. The minimum atomic E-state index is -0.980. The zero-order chi connectivity index (χ0) is 12.8. The van der Waals surface area contributed by atoms with Gasteiger partial charge in [0.1, 0.15) is 5.75 Å². The molecule has 1 aromatic carbocycles. The first-order chi connectivity index (χ1) is 8.02. The molecule has 2 N–H and O–H groups in total. The Balaban J connectivity index is 2.62. The van der Waals surface area contributed by atoms with Crippen LogP contribution < -0.4 is 10.1 Å². The number of anilines is 1. The Morgan fingerprint density at radius 2 is 2.06 bits per heavy atom. The van der Waals surface area contributed by atoms with Crippen molar-refractivity contribution in [1.29, 1.82) is 0 Å². The van der Waals surface area contributed by atoms with Crippen molar-refractivity contribution in [3.8, 4) is 5.75 Å². The van der Waals surface area contributed by atoms with Crippen molar-refractivity contribution >= 4 is 17.6 Å². The summed E-state index contributed by atoms with van der Waals surface area (Å²) in [6, 6.07) is 5.26. The number of aryl methyl sites for hydroxylation is 1. The molecule has 5 heteroatoms. The van der Waals surface area contributed by atoms with E-state index in [0.29, 0.717) is 11.4 Å². The number of amides is 1. The lowest BCUT2D eigenvalue weighted by molar-refractivity contribution is -0.138. The summed E-state index contributed by atoms with van der Waals surface area (Å²) >= 11 is 0. The first-order valence-corrected chi connectivity index (χ1v) is 5.19. The molecule has 0 saturated carbocycles. The van der Waals surface area contributed by atoms with Crippen molar-refractivity contribution in [1.82, 2.24) is 0 Å². The fraction of sp³-hybridized carbons (Fsp3) is 0.333. The zero-order valence-electron chi connectivity index (χ0n) is 9.82. The molecule has 5 nitrogen and oxygen atoms in total. The van der Waals surface area contributed by atoms with Gasteiger partial charge in [-0.3, -0.25) is 9.59 Å². The number of carbonyl (C=O) groups is 2. The highest BCUT2D eigenvalue weighted by Gasteiger charge is 2.07. The number of rotatable bonds is 5. The summed E-state index contributed by atoms with van der Waals surface area (Å²) < 4.78 is 5.04.